The van der Waals surface area contributed by atoms with Crippen LogP contribution in [0.25, 0.3) is 0 Å². The van der Waals surface area contributed by atoms with Crippen molar-refractivity contribution < 1.29 is 14.3 Å². The summed E-state index contributed by atoms with van der Waals surface area (Å²) in [5.41, 5.74) is 2.40. The molecule has 2 aromatic carbocycles. The Labute approximate surface area is 190 Å². The first-order valence-electron chi connectivity index (χ1n) is 11.3. The summed E-state index contributed by atoms with van der Waals surface area (Å²) in [5.74, 6) is 1.67. The average molecular weight is 439 g/mol. The zero-order valence-corrected chi connectivity index (χ0v) is 19.0. The maximum Gasteiger partial charge on any atom is 0.409 e. The lowest BCUT2D eigenvalue weighted by molar-refractivity contribution is 0.0963. The van der Waals surface area contributed by atoms with Gasteiger partial charge in [0.2, 0.25) is 0 Å². The maximum atomic E-state index is 11.8. The van der Waals surface area contributed by atoms with Crippen molar-refractivity contribution in [2.45, 2.75) is 38.8 Å². The first-order valence-corrected chi connectivity index (χ1v) is 11.3. The number of benzene rings is 2. The molecule has 0 atom stereocenters. The van der Waals surface area contributed by atoms with Crippen molar-refractivity contribution in [3.63, 3.8) is 0 Å². The highest BCUT2D eigenvalue weighted by atomic mass is 16.6. The van der Waals surface area contributed by atoms with Gasteiger partial charge in [-0.25, -0.2) is 4.79 Å². The van der Waals surface area contributed by atoms with E-state index in [0.717, 1.165) is 43.1 Å². The van der Waals surface area contributed by atoms with Crippen LogP contribution in [0.5, 0.6) is 5.75 Å². The molecule has 0 saturated carbocycles. The molecule has 1 amide bonds. The Balaban J connectivity index is 1.35. The van der Waals surface area contributed by atoms with Gasteiger partial charge in [0.1, 0.15) is 12.4 Å². The number of nitrogens with zero attached hydrogens (tertiary/aromatic N) is 2. The van der Waals surface area contributed by atoms with Gasteiger partial charge >= 0.3 is 6.09 Å². The summed E-state index contributed by atoms with van der Waals surface area (Å²) in [6.45, 7) is 5.00. The molecule has 3 rings (SSSR count). The van der Waals surface area contributed by atoms with E-state index in [-0.39, 0.29) is 6.09 Å². The van der Waals surface area contributed by atoms with Crippen molar-refractivity contribution in [2.75, 3.05) is 33.3 Å². The third-order valence-electron chi connectivity index (χ3n) is 5.46. The van der Waals surface area contributed by atoms with Crippen molar-refractivity contribution in [3.8, 4) is 5.75 Å². The van der Waals surface area contributed by atoms with E-state index in [1.54, 1.807) is 11.9 Å². The minimum atomic E-state index is -0.218. The molecule has 32 heavy (non-hydrogen) atoms. The van der Waals surface area contributed by atoms with Crippen LogP contribution in [0.4, 0.5) is 4.79 Å². The number of carbonyl (C=O) groups is 1. The van der Waals surface area contributed by atoms with Gasteiger partial charge in [-0.3, -0.25) is 4.99 Å². The van der Waals surface area contributed by atoms with Gasteiger partial charge in [-0.15, -0.1) is 0 Å². The summed E-state index contributed by atoms with van der Waals surface area (Å²) in [4.78, 5) is 17.9. The van der Waals surface area contributed by atoms with Crippen LogP contribution in [0, 0.1) is 0 Å². The van der Waals surface area contributed by atoms with Crippen LogP contribution in [0.3, 0.4) is 0 Å². The van der Waals surface area contributed by atoms with E-state index >= 15 is 0 Å². The normalized spacial score (nSPS) is 14.7. The molecule has 1 heterocycles. The fourth-order valence-corrected chi connectivity index (χ4v) is 3.63. The number of hydrogen-bond donors (Lipinski definition) is 2. The van der Waals surface area contributed by atoms with Gasteiger partial charge in [0.15, 0.2) is 5.96 Å². The molecule has 0 unspecified atom stereocenters. The molecule has 7 nitrogen and oxygen atoms in total. The highest BCUT2D eigenvalue weighted by Gasteiger charge is 2.23. The van der Waals surface area contributed by atoms with E-state index in [1.807, 2.05) is 37.3 Å². The second-order valence-corrected chi connectivity index (χ2v) is 7.77. The highest BCUT2D eigenvalue weighted by molar-refractivity contribution is 5.80. The van der Waals surface area contributed by atoms with Gasteiger partial charge in [0, 0.05) is 32.7 Å². The number of nitrogens with one attached hydrogen (secondary N) is 2. The quantitative estimate of drug-likeness (QED) is 0.487. The van der Waals surface area contributed by atoms with Crippen molar-refractivity contribution in [1.82, 2.24) is 15.5 Å². The molecule has 1 fully saturated rings. The summed E-state index contributed by atoms with van der Waals surface area (Å²) in [6, 6.07) is 18.7. The van der Waals surface area contributed by atoms with Crippen LogP contribution in [0.15, 0.2) is 59.6 Å². The molecular weight excluding hydrogens is 404 g/mol. The zero-order valence-electron chi connectivity index (χ0n) is 19.0. The lowest BCUT2D eigenvalue weighted by atomic mass is 10.1. The van der Waals surface area contributed by atoms with Gasteiger partial charge in [-0.05, 0) is 49.4 Å². The van der Waals surface area contributed by atoms with Crippen LogP contribution in [-0.4, -0.2) is 56.3 Å². The van der Waals surface area contributed by atoms with Crippen molar-refractivity contribution >= 4 is 12.1 Å². The number of piperidine rings is 1. The highest BCUT2D eigenvalue weighted by Crippen LogP contribution is 2.15. The third kappa shape index (κ3) is 7.48. The van der Waals surface area contributed by atoms with E-state index in [9.17, 15) is 4.79 Å². The van der Waals surface area contributed by atoms with E-state index in [1.165, 1.54) is 5.56 Å². The summed E-state index contributed by atoms with van der Waals surface area (Å²) in [6.07, 6.45) is 2.43. The molecule has 0 bridgehead atoms. The number of ether oxygens (including phenoxy) is 2. The fourth-order valence-electron chi connectivity index (χ4n) is 3.63. The number of carbonyl (C=O) groups excluding carboxylic acids is 1. The molecule has 2 aromatic rings. The molecular formula is C25H34N4O3. The summed E-state index contributed by atoms with van der Waals surface area (Å²) >= 11 is 0. The van der Waals surface area contributed by atoms with Gasteiger partial charge in [0.05, 0.1) is 6.61 Å². The Morgan fingerprint density at radius 2 is 1.78 bits per heavy atom. The molecule has 1 aliphatic rings. The monoisotopic (exact) mass is 438 g/mol. The van der Waals surface area contributed by atoms with Gasteiger partial charge in [-0.1, -0.05) is 42.5 Å². The third-order valence-corrected chi connectivity index (χ3v) is 5.46. The Kier molecular flexibility index (Phi) is 9.22. The Hall–Kier alpha value is -3.22. The molecule has 172 valence electrons. The molecule has 0 radical (unpaired) electrons. The van der Waals surface area contributed by atoms with Crippen LogP contribution in [-0.2, 0) is 17.8 Å². The molecule has 7 heteroatoms. The lowest BCUT2D eigenvalue weighted by Gasteiger charge is -2.32. The van der Waals surface area contributed by atoms with E-state index in [4.69, 9.17) is 9.47 Å². The molecule has 0 aliphatic carbocycles. The number of guanidine groups is 1. The van der Waals surface area contributed by atoms with Crippen LogP contribution in [0.2, 0.25) is 0 Å². The average Bonchev–Trinajstić information content (AvgIpc) is 2.84. The summed E-state index contributed by atoms with van der Waals surface area (Å²) < 4.78 is 10.9. The Bertz CT molecular complexity index is 847. The van der Waals surface area contributed by atoms with Crippen molar-refractivity contribution in [2.24, 2.45) is 4.99 Å². The molecule has 0 aromatic heterocycles. The maximum absolute atomic E-state index is 11.8. The Morgan fingerprint density at radius 3 is 2.44 bits per heavy atom. The van der Waals surface area contributed by atoms with Gasteiger partial charge < -0.3 is 25.0 Å². The lowest BCUT2D eigenvalue weighted by Crippen LogP contribution is -2.50. The minimum Gasteiger partial charge on any atom is -0.489 e. The predicted molar refractivity (Wildman–Crippen MR) is 127 cm³/mol. The fraction of sp³-hybridized carbons (Fsp3) is 0.440. The Morgan fingerprint density at radius 1 is 1.06 bits per heavy atom. The largest absolute Gasteiger partial charge is 0.489 e. The van der Waals surface area contributed by atoms with E-state index in [2.05, 4.69) is 39.9 Å². The van der Waals surface area contributed by atoms with Crippen molar-refractivity contribution in [3.05, 3.63) is 65.7 Å². The topological polar surface area (TPSA) is 75.2 Å². The first kappa shape index (κ1) is 23.4. The number of hydrogen-bond acceptors (Lipinski definition) is 4. The van der Waals surface area contributed by atoms with Crippen LogP contribution >= 0.6 is 0 Å². The second-order valence-electron chi connectivity index (χ2n) is 7.77. The number of amides is 1. The number of aliphatic imine (C=N–C) groups is 1. The predicted octanol–water partition coefficient (Wildman–Crippen LogP) is 3.59. The first-order chi connectivity index (χ1) is 15.7. The summed E-state index contributed by atoms with van der Waals surface area (Å²) in [7, 11) is 1.78. The molecule has 1 saturated heterocycles. The summed E-state index contributed by atoms with van der Waals surface area (Å²) in [5, 5.41) is 6.85. The van der Waals surface area contributed by atoms with Gasteiger partial charge in [0.25, 0.3) is 0 Å². The molecule has 1 aliphatic heterocycles. The van der Waals surface area contributed by atoms with Crippen LogP contribution < -0.4 is 15.4 Å². The minimum absolute atomic E-state index is 0.218. The van der Waals surface area contributed by atoms with Gasteiger partial charge in [-0.2, -0.15) is 0 Å². The van der Waals surface area contributed by atoms with Crippen LogP contribution in [0.1, 0.15) is 30.9 Å². The smallest absolute Gasteiger partial charge is 0.409 e. The number of likely N-dealkylation sites (tertiary alicyclic amines) is 1. The second kappa shape index (κ2) is 12.6. The molecule has 2 N–H and O–H groups in total. The van der Waals surface area contributed by atoms with E-state index in [0.29, 0.717) is 32.3 Å². The number of rotatable bonds is 8. The zero-order chi connectivity index (χ0) is 22.6. The van der Waals surface area contributed by atoms with E-state index < -0.39 is 0 Å². The van der Waals surface area contributed by atoms with Crippen molar-refractivity contribution in [1.29, 1.82) is 0 Å². The SMILES string of the molecule is CCOC(=O)N1CCC(NC(=NC)NCCc2ccc(OCc3ccccc3)cc2)CC1. The molecule has 0 spiro atoms. The standard InChI is InChI=1S/C25H34N4O3/c1-3-31-25(30)29-17-14-22(15-18-29)28-24(26-2)27-16-13-20-9-11-23(12-10-20)32-19-21-7-5-4-6-8-21/h4-12,22H,3,13-19H2,1-2H3,(H2,26,27,28).